The minimum Gasteiger partial charge on any atom is -0.381 e. The fourth-order valence-corrected chi connectivity index (χ4v) is 3.62. The van der Waals surface area contributed by atoms with Crippen molar-refractivity contribution in [2.75, 3.05) is 32.8 Å². The highest BCUT2D eigenvalue weighted by atomic mass is 32.1. The van der Waals surface area contributed by atoms with Crippen molar-refractivity contribution in [3.8, 4) is 0 Å². The van der Waals surface area contributed by atoms with Crippen LogP contribution in [0.5, 0.6) is 0 Å². The molecule has 142 valence electrons. The number of nitrogens with zero attached hydrogens (tertiary/aromatic N) is 4. The van der Waals surface area contributed by atoms with Gasteiger partial charge in [0.05, 0.1) is 6.61 Å². The summed E-state index contributed by atoms with van der Waals surface area (Å²) in [6.07, 6.45) is 4.79. The van der Waals surface area contributed by atoms with Crippen molar-refractivity contribution in [1.82, 2.24) is 25.4 Å². The highest BCUT2D eigenvalue weighted by Crippen LogP contribution is 2.12. The first-order chi connectivity index (χ1) is 12.8. The summed E-state index contributed by atoms with van der Waals surface area (Å²) in [6, 6.07) is 4.27. The van der Waals surface area contributed by atoms with Gasteiger partial charge in [0.1, 0.15) is 12.2 Å². The first kappa shape index (κ1) is 18.8. The summed E-state index contributed by atoms with van der Waals surface area (Å²) in [6.45, 7) is 7.08. The molecule has 1 aliphatic heterocycles. The second-order valence-corrected chi connectivity index (χ2v) is 7.43. The van der Waals surface area contributed by atoms with Crippen LogP contribution in [0.3, 0.4) is 0 Å². The molecule has 8 heteroatoms. The number of hydrogen-bond donors (Lipinski definition) is 2. The number of rotatable bonds is 9. The lowest BCUT2D eigenvalue weighted by molar-refractivity contribution is 0.187. The van der Waals surface area contributed by atoms with Gasteiger partial charge in [0.2, 0.25) is 0 Å². The lowest BCUT2D eigenvalue weighted by Gasteiger charge is -2.14. The van der Waals surface area contributed by atoms with Crippen LogP contribution in [0.4, 0.5) is 0 Å². The Morgan fingerprint density at radius 3 is 3.12 bits per heavy atom. The Morgan fingerprint density at radius 2 is 2.35 bits per heavy atom. The quantitative estimate of drug-likeness (QED) is 0.515. The molecular formula is C18H28N6OS. The van der Waals surface area contributed by atoms with Crippen LogP contribution >= 0.6 is 11.3 Å². The predicted molar refractivity (Wildman–Crippen MR) is 105 cm³/mol. The molecule has 1 fully saturated rings. The van der Waals surface area contributed by atoms with E-state index < -0.39 is 0 Å². The van der Waals surface area contributed by atoms with Gasteiger partial charge in [-0.05, 0) is 24.3 Å². The standard InChI is InChI=1S/C18H28N6OS/c1-2-17-23-22-14-24(17)9-8-20-18(21-12-15-6-10-25-13-15)19-7-5-16-4-3-11-26-16/h3-4,11,14-15H,2,5-10,12-13H2,1H3,(H2,19,20,21). The van der Waals surface area contributed by atoms with E-state index in [1.54, 1.807) is 17.7 Å². The fourth-order valence-electron chi connectivity index (χ4n) is 2.92. The van der Waals surface area contributed by atoms with E-state index in [2.05, 4.69) is 49.8 Å². The number of hydrogen-bond acceptors (Lipinski definition) is 5. The second kappa shape index (κ2) is 10.3. The van der Waals surface area contributed by atoms with Crippen LogP contribution < -0.4 is 10.6 Å². The van der Waals surface area contributed by atoms with Gasteiger partial charge >= 0.3 is 0 Å². The minimum absolute atomic E-state index is 0.537. The maximum atomic E-state index is 5.45. The van der Waals surface area contributed by atoms with Gasteiger partial charge in [0.25, 0.3) is 0 Å². The van der Waals surface area contributed by atoms with Gasteiger partial charge in [-0.25, -0.2) is 0 Å². The zero-order valence-corrected chi connectivity index (χ0v) is 16.2. The van der Waals surface area contributed by atoms with E-state index in [1.165, 1.54) is 4.88 Å². The molecule has 0 aromatic carbocycles. The number of aromatic nitrogens is 3. The van der Waals surface area contributed by atoms with E-state index >= 15 is 0 Å². The van der Waals surface area contributed by atoms with Gasteiger partial charge < -0.3 is 19.9 Å². The van der Waals surface area contributed by atoms with Crippen molar-refractivity contribution < 1.29 is 4.74 Å². The molecule has 2 aromatic rings. The Hall–Kier alpha value is -1.93. The van der Waals surface area contributed by atoms with Gasteiger partial charge in [-0.1, -0.05) is 13.0 Å². The Kier molecular flexibility index (Phi) is 7.45. The van der Waals surface area contributed by atoms with Crippen molar-refractivity contribution >= 4 is 17.3 Å². The van der Waals surface area contributed by atoms with Crippen LogP contribution in [0.25, 0.3) is 0 Å². The number of nitrogens with one attached hydrogen (secondary N) is 2. The first-order valence-electron chi connectivity index (χ1n) is 9.34. The average molecular weight is 377 g/mol. The predicted octanol–water partition coefficient (Wildman–Crippen LogP) is 1.72. The van der Waals surface area contributed by atoms with Crippen molar-refractivity contribution in [3.05, 3.63) is 34.5 Å². The van der Waals surface area contributed by atoms with Crippen LogP contribution in [0.1, 0.15) is 24.0 Å². The van der Waals surface area contributed by atoms with E-state index in [0.717, 1.165) is 70.4 Å². The van der Waals surface area contributed by atoms with Gasteiger partial charge in [-0.3, -0.25) is 4.99 Å². The highest BCUT2D eigenvalue weighted by molar-refractivity contribution is 7.09. The van der Waals surface area contributed by atoms with Crippen molar-refractivity contribution in [2.24, 2.45) is 10.9 Å². The number of thiophene rings is 1. The summed E-state index contributed by atoms with van der Waals surface area (Å²) in [5.41, 5.74) is 0. The smallest absolute Gasteiger partial charge is 0.191 e. The molecule has 26 heavy (non-hydrogen) atoms. The van der Waals surface area contributed by atoms with Crippen LogP contribution in [0, 0.1) is 5.92 Å². The molecule has 0 aliphatic carbocycles. The minimum atomic E-state index is 0.537. The van der Waals surface area contributed by atoms with Crippen LogP contribution in [-0.4, -0.2) is 53.6 Å². The molecule has 7 nitrogen and oxygen atoms in total. The normalized spacial score (nSPS) is 17.6. The third kappa shape index (κ3) is 5.81. The SMILES string of the molecule is CCc1nncn1CCNC(=NCC1CCOC1)NCCc1cccs1. The van der Waals surface area contributed by atoms with Crippen molar-refractivity contribution in [2.45, 2.75) is 32.7 Å². The zero-order chi connectivity index (χ0) is 18.0. The molecule has 3 heterocycles. The topological polar surface area (TPSA) is 76.4 Å². The first-order valence-corrected chi connectivity index (χ1v) is 10.2. The molecule has 1 saturated heterocycles. The molecule has 2 aromatic heterocycles. The summed E-state index contributed by atoms with van der Waals surface area (Å²) < 4.78 is 7.53. The molecule has 2 N–H and O–H groups in total. The van der Waals surface area contributed by atoms with Crippen LogP contribution in [0.2, 0.25) is 0 Å². The van der Waals surface area contributed by atoms with Gasteiger partial charge in [0, 0.05) is 50.0 Å². The van der Waals surface area contributed by atoms with Crippen molar-refractivity contribution in [3.63, 3.8) is 0 Å². The molecule has 0 bridgehead atoms. The third-order valence-corrected chi connectivity index (χ3v) is 5.37. The fraction of sp³-hybridized carbons (Fsp3) is 0.611. The molecular weight excluding hydrogens is 348 g/mol. The number of aryl methyl sites for hydroxylation is 1. The summed E-state index contributed by atoms with van der Waals surface area (Å²) >= 11 is 1.79. The lowest BCUT2D eigenvalue weighted by atomic mass is 10.1. The van der Waals surface area contributed by atoms with E-state index in [4.69, 9.17) is 9.73 Å². The Balaban J connectivity index is 1.48. The van der Waals surface area contributed by atoms with E-state index in [-0.39, 0.29) is 0 Å². The third-order valence-electron chi connectivity index (χ3n) is 4.43. The van der Waals surface area contributed by atoms with E-state index in [0.29, 0.717) is 5.92 Å². The lowest BCUT2D eigenvalue weighted by Crippen LogP contribution is -2.40. The molecule has 0 amide bonds. The molecule has 0 spiro atoms. The van der Waals surface area contributed by atoms with Crippen LogP contribution in [-0.2, 0) is 24.1 Å². The van der Waals surface area contributed by atoms with Gasteiger partial charge in [0.15, 0.2) is 5.96 Å². The number of aliphatic imine (C=N–C) groups is 1. The Morgan fingerprint density at radius 1 is 1.42 bits per heavy atom. The number of ether oxygens (including phenoxy) is 1. The molecule has 1 unspecified atom stereocenters. The summed E-state index contributed by atoms with van der Waals surface area (Å²) in [5, 5.41) is 17.1. The highest BCUT2D eigenvalue weighted by Gasteiger charge is 2.15. The average Bonchev–Trinajstić information content (AvgIpc) is 3.41. The largest absolute Gasteiger partial charge is 0.381 e. The molecule has 1 aliphatic rings. The number of guanidine groups is 1. The summed E-state index contributed by atoms with van der Waals surface area (Å²) in [7, 11) is 0. The Labute approximate surface area is 158 Å². The Bertz CT molecular complexity index is 663. The van der Waals surface area contributed by atoms with E-state index in [1.807, 2.05) is 0 Å². The molecule has 1 atom stereocenters. The van der Waals surface area contributed by atoms with Gasteiger partial charge in [-0.15, -0.1) is 21.5 Å². The second-order valence-electron chi connectivity index (χ2n) is 6.40. The monoisotopic (exact) mass is 376 g/mol. The maximum Gasteiger partial charge on any atom is 0.191 e. The zero-order valence-electron chi connectivity index (χ0n) is 15.4. The van der Waals surface area contributed by atoms with Crippen molar-refractivity contribution in [1.29, 1.82) is 0 Å². The summed E-state index contributed by atoms with van der Waals surface area (Å²) in [4.78, 5) is 6.15. The van der Waals surface area contributed by atoms with Gasteiger partial charge in [-0.2, -0.15) is 0 Å². The molecule has 3 rings (SSSR count). The molecule has 0 saturated carbocycles. The maximum absolute atomic E-state index is 5.45. The molecule has 0 radical (unpaired) electrons. The van der Waals surface area contributed by atoms with E-state index in [9.17, 15) is 0 Å². The van der Waals surface area contributed by atoms with Crippen LogP contribution in [0.15, 0.2) is 28.8 Å². The summed E-state index contributed by atoms with van der Waals surface area (Å²) in [5.74, 6) is 2.43.